The second kappa shape index (κ2) is 5.99. The Bertz CT molecular complexity index is 545. The van der Waals surface area contributed by atoms with Crippen LogP contribution in [0.5, 0.6) is 5.75 Å². The van der Waals surface area contributed by atoms with Gasteiger partial charge in [0, 0.05) is 11.8 Å². The molecule has 1 heterocycles. The van der Waals surface area contributed by atoms with Gasteiger partial charge in [0.1, 0.15) is 11.6 Å². The zero-order valence-electron chi connectivity index (χ0n) is 9.85. The Kier molecular flexibility index (Phi) is 4.12. The topological polar surface area (TPSA) is 91.7 Å². The van der Waals surface area contributed by atoms with Crippen LogP contribution in [0, 0.1) is 0 Å². The second-order valence-corrected chi connectivity index (χ2v) is 3.64. The molecule has 2 rings (SSSR count). The lowest BCUT2D eigenvalue weighted by Gasteiger charge is -2.06. The van der Waals surface area contributed by atoms with Crippen molar-refractivity contribution >= 4 is 19.0 Å². The quantitative estimate of drug-likeness (QED) is 0.701. The molecule has 0 radical (unpaired) electrons. The highest BCUT2D eigenvalue weighted by Gasteiger charge is 2.12. The molecule has 1 amide bonds. The van der Waals surface area contributed by atoms with Crippen LogP contribution in [0.25, 0.3) is 0 Å². The third-order valence-corrected chi connectivity index (χ3v) is 2.26. The van der Waals surface area contributed by atoms with E-state index in [1.165, 1.54) is 24.3 Å². The lowest BCUT2D eigenvalue weighted by molar-refractivity contribution is 0.102. The van der Waals surface area contributed by atoms with Crippen LogP contribution in [0.15, 0.2) is 48.7 Å². The summed E-state index contributed by atoms with van der Waals surface area (Å²) in [6.07, 6.45) is 1.58. The van der Waals surface area contributed by atoms with Crippen molar-refractivity contribution in [2.75, 3.05) is 5.32 Å². The number of amides is 1. The minimum atomic E-state index is -1.88. The molecule has 0 aliphatic rings. The molecule has 3 N–H and O–H groups in total. The molecule has 0 fully saturated rings. The van der Waals surface area contributed by atoms with Gasteiger partial charge in [-0.3, -0.25) is 4.79 Å². The predicted molar refractivity (Wildman–Crippen MR) is 69.5 cm³/mol. The van der Waals surface area contributed by atoms with Crippen molar-refractivity contribution in [3.8, 4) is 5.75 Å². The van der Waals surface area contributed by atoms with E-state index in [-0.39, 0.29) is 11.7 Å². The highest BCUT2D eigenvalue weighted by atomic mass is 16.6. The third kappa shape index (κ3) is 3.80. The van der Waals surface area contributed by atoms with Crippen LogP contribution in [0.1, 0.15) is 10.4 Å². The number of benzene rings is 1. The minimum Gasteiger partial charge on any atom is -0.512 e. The maximum absolute atomic E-state index is 11.9. The molecule has 19 heavy (non-hydrogen) atoms. The Morgan fingerprint density at radius 3 is 2.47 bits per heavy atom. The van der Waals surface area contributed by atoms with E-state index in [1.54, 1.807) is 24.4 Å². The van der Waals surface area contributed by atoms with E-state index in [2.05, 4.69) is 15.0 Å². The summed E-state index contributed by atoms with van der Waals surface area (Å²) in [4.78, 5) is 15.8. The SMILES string of the molecule is O=C(Nc1ccccn1)c1ccc(OB(O)O)cc1. The lowest BCUT2D eigenvalue weighted by atomic mass is 10.2. The third-order valence-electron chi connectivity index (χ3n) is 2.26. The van der Waals surface area contributed by atoms with Crippen LogP contribution in [0.4, 0.5) is 5.82 Å². The zero-order valence-corrected chi connectivity index (χ0v) is 9.85. The molecule has 0 unspecified atom stereocenters. The van der Waals surface area contributed by atoms with E-state index in [1.807, 2.05) is 0 Å². The fourth-order valence-electron chi connectivity index (χ4n) is 1.43. The molecule has 1 aromatic carbocycles. The van der Waals surface area contributed by atoms with Gasteiger partial charge in [0.15, 0.2) is 0 Å². The van der Waals surface area contributed by atoms with Crippen LogP contribution < -0.4 is 9.97 Å². The van der Waals surface area contributed by atoms with Gasteiger partial charge in [-0.1, -0.05) is 6.07 Å². The number of carbonyl (C=O) groups excluding carboxylic acids is 1. The van der Waals surface area contributed by atoms with Gasteiger partial charge >= 0.3 is 7.32 Å². The van der Waals surface area contributed by atoms with Crippen molar-refractivity contribution in [3.63, 3.8) is 0 Å². The first-order chi connectivity index (χ1) is 9.15. The number of pyridine rings is 1. The molecule has 0 atom stereocenters. The average molecular weight is 258 g/mol. The molecule has 2 aromatic rings. The monoisotopic (exact) mass is 258 g/mol. The molecule has 0 saturated carbocycles. The summed E-state index contributed by atoms with van der Waals surface area (Å²) in [5.41, 5.74) is 0.408. The highest BCUT2D eigenvalue weighted by Crippen LogP contribution is 2.13. The Morgan fingerprint density at radius 2 is 1.89 bits per heavy atom. The summed E-state index contributed by atoms with van der Waals surface area (Å²) >= 11 is 0. The highest BCUT2D eigenvalue weighted by molar-refractivity contribution is 6.33. The molecule has 0 spiro atoms. The molecule has 0 bridgehead atoms. The number of aromatic nitrogens is 1. The number of carbonyl (C=O) groups is 1. The van der Waals surface area contributed by atoms with E-state index in [0.717, 1.165) is 0 Å². The van der Waals surface area contributed by atoms with Crippen LogP contribution in [0.2, 0.25) is 0 Å². The molecule has 7 heteroatoms. The largest absolute Gasteiger partial charge is 0.707 e. The van der Waals surface area contributed by atoms with E-state index >= 15 is 0 Å². The zero-order chi connectivity index (χ0) is 13.7. The van der Waals surface area contributed by atoms with Crippen molar-refractivity contribution in [3.05, 3.63) is 54.2 Å². The van der Waals surface area contributed by atoms with Crippen LogP contribution >= 0.6 is 0 Å². The lowest BCUT2D eigenvalue weighted by Crippen LogP contribution is -2.20. The van der Waals surface area contributed by atoms with Gasteiger partial charge in [-0.2, -0.15) is 0 Å². The smallest absolute Gasteiger partial charge is 0.512 e. The van der Waals surface area contributed by atoms with Crippen LogP contribution in [-0.2, 0) is 0 Å². The number of anilines is 1. The van der Waals surface area contributed by atoms with Crippen molar-refractivity contribution in [2.45, 2.75) is 0 Å². The first-order valence-electron chi connectivity index (χ1n) is 5.50. The van der Waals surface area contributed by atoms with Gasteiger partial charge < -0.3 is 20.0 Å². The molecule has 96 valence electrons. The molecule has 0 aliphatic heterocycles. The van der Waals surface area contributed by atoms with Gasteiger partial charge in [-0.25, -0.2) is 4.98 Å². The maximum atomic E-state index is 11.9. The molecule has 0 aliphatic carbocycles. The molecular weight excluding hydrogens is 247 g/mol. The van der Waals surface area contributed by atoms with Crippen LogP contribution in [-0.4, -0.2) is 28.3 Å². The van der Waals surface area contributed by atoms with E-state index < -0.39 is 7.32 Å². The standard InChI is InChI=1S/C12H11BN2O4/c16-12(15-11-3-1-2-8-14-11)9-4-6-10(7-5-9)19-13(17)18/h1-8,17-18H,(H,14,15,16). The van der Waals surface area contributed by atoms with Gasteiger partial charge in [-0.15, -0.1) is 0 Å². The number of hydrogen-bond acceptors (Lipinski definition) is 5. The Morgan fingerprint density at radius 1 is 1.16 bits per heavy atom. The molecule has 0 saturated heterocycles. The Hall–Kier alpha value is -2.38. The maximum Gasteiger partial charge on any atom is 0.707 e. The Balaban J connectivity index is 2.04. The van der Waals surface area contributed by atoms with Gasteiger partial charge in [0.25, 0.3) is 5.91 Å². The summed E-state index contributed by atoms with van der Waals surface area (Å²) in [5, 5.41) is 19.9. The van der Waals surface area contributed by atoms with Crippen molar-refractivity contribution in [1.29, 1.82) is 0 Å². The number of nitrogens with zero attached hydrogens (tertiary/aromatic N) is 1. The first-order valence-corrected chi connectivity index (χ1v) is 5.50. The summed E-state index contributed by atoms with van der Waals surface area (Å²) in [6, 6.07) is 11.1. The number of rotatable bonds is 4. The normalized spacial score (nSPS) is 9.79. The fraction of sp³-hybridized carbons (Fsp3) is 0. The van der Waals surface area contributed by atoms with E-state index in [9.17, 15) is 4.79 Å². The van der Waals surface area contributed by atoms with E-state index in [0.29, 0.717) is 11.4 Å². The van der Waals surface area contributed by atoms with Gasteiger partial charge in [0.05, 0.1) is 0 Å². The van der Waals surface area contributed by atoms with Crippen molar-refractivity contribution in [2.24, 2.45) is 0 Å². The first kappa shape index (κ1) is 13.1. The van der Waals surface area contributed by atoms with Gasteiger partial charge in [-0.05, 0) is 36.4 Å². The predicted octanol–water partition coefficient (Wildman–Crippen LogP) is 0.682. The summed E-state index contributed by atoms with van der Waals surface area (Å²) in [7, 11) is -1.88. The minimum absolute atomic E-state index is 0.254. The number of nitrogens with one attached hydrogen (secondary N) is 1. The van der Waals surface area contributed by atoms with Crippen molar-refractivity contribution < 1.29 is 19.5 Å². The molecule has 6 nitrogen and oxygen atoms in total. The van der Waals surface area contributed by atoms with Gasteiger partial charge in [0.2, 0.25) is 0 Å². The molecular formula is C12H11BN2O4. The second-order valence-electron chi connectivity index (χ2n) is 3.64. The average Bonchev–Trinajstić information content (AvgIpc) is 2.40. The Labute approximate surface area is 109 Å². The van der Waals surface area contributed by atoms with Crippen LogP contribution in [0.3, 0.4) is 0 Å². The van der Waals surface area contributed by atoms with Crippen molar-refractivity contribution in [1.82, 2.24) is 4.98 Å². The summed E-state index contributed by atoms with van der Waals surface area (Å²) in [6.45, 7) is 0. The summed E-state index contributed by atoms with van der Waals surface area (Å²) in [5.74, 6) is 0.401. The van der Waals surface area contributed by atoms with E-state index in [4.69, 9.17) is 10.0 Å². The fourth-order valence-corrected chi connectivity index (χ4v) is 1.43. The number of hydrogen-bond donors (Lipinski definition) is 3. The molecule has 1 aromatic heterocycles. The summed E-state index contributed by atoms with van der Waals surface area (Å²) < 4.78 is 4.63.